The molecule has 0 radical (unpaired) electrons. The summed E-state index contributed by atoms with van der Waals surface area (Å²) in [5.74, 6) is 0.616. The van der Waals surface area contributed by atoms with Crippen molar-refractivity contribution >= 4 is 5.91 Å². The summed E-state index contributed by atoms with van der Waals surface area (Å²) < 4.78 is 0. The Morgan fingerprint density at radius 3 is 2.26 bits per heavy atom. The average Bonchev–Trinajstić information content (AvgIpc) is 2.36. The third kappa shape index (κ3) is 5.03. The second-order valence-corrected chi connectivity index (χ2v) is 5.62. The maximum absolute atomic E-state index is 11.9. The van der Waals surface area contributed by atoms with Gasteiger partial charge >= 0.3 is 0 Å². The van der Waals surface area contributed by atoms with E-state index in [1.807, 2.05) is 0 Å². The van der Waals surface area contributed by atoms with Gasteiger partial charge in [-0.15, -0.1) is 0 Å². The number of aliphatic hydroxyl groups is 1. The molecule has 3 nitrogen and oxygen atoms in total. The number of hydrogen-bond donors (Lipinski definition) is 2. The van der Waals surface area contributed by atoms with Gasteiger partial charge in [0, 0.05) is 12.5 Å². The molecule has 106 valence electrons. The molecule has 0 aliphatic heterocycles. The maximum Gasteiger partial charge on any atom is 0.220 e. The van der Waals surface area contributed by atoms with E-state index in [2.05, 4.69) is 50.4 Å². The maximum atomic E-state index is 11.9. The van der Waals surface area contributed by atoms with Gasteiger partial charge in [0.25, 0.3) is 0 Å². The monoisotopic (exact) mass is 263 g/mol. The van der Waals surface area contributed by atoms with E-state index < -0.39 is 0 Å². The predicted octanol–water partition coefficient (Wildman–Crippen LogP) is 2.62. The fourth-order valence-electron chi connectivity index (χ4n) is 2.13. The van der Waals surface area contributed by atoms with Gasteiger partial charge in [0.05, 0.1) is 6.61 Å². The summed E-state index contributed by atoms with van der Waals surface area (Å²) in [6.45, 7) is 8.10. The molecule has 19 heavy (non-hydrogen) atoms. The molecule has 0 aliphatic carbocycles. The SMILES string of the molecule is Cc1ccc(C(CC(=O)NC(C)CO)C(C)C)cc1. The van der Waals surface area contributed by atoms with Crippen LogP contribution in [0.2, 0.25) is 0 Å². The molecule has 1 aromatic rings. The quantitative estimate of drug-likeness (QED) is 0.829. The van der Waals surface area contributed by atoms with E-state index in [-0.39, 0.29) is 24.5 Å². The van der Waals surface area contributed by atoms with Crippen LogP contribution >= 0.6 is 0 Å². The van der Waals surface area contributed by atoms with Crippen LogP contribution < -0.4 is 5.32 Å². The van der Waals surface area contributed by atoms with Crippen LogP contribution in [-0.2, 0) is 4.79 Å². The van der Waals surface area contributed by atoms with Gasteiger partial charge in [-0.1, -0.05) is 43.7 Å². The molecule has 0 spiro atoms. The van der Waals surface area contributed by atoms with E-state index in [9.17, 15) is 4.79 Å². The Morgan fingerprint density at radius 1 is 1.21 bits per heavy atom. The van der Waals surface area contributed by atoms with Crippen LogP contribution in [0.1, 0.15) is 44.2 Å². The van der Waals surface area contributed by atoms with Crippen LogP contribution in [0.5, 0.6) is 0 Å². The largest absolute Gasteiger partial charge is 0.394 e. The highest BCUT2D eigenvalue weighted by Gasteiger charge is 2.20. The number of rotatable bonds is 6. The summed E-state index contributed by atoms with van der Waals surface area (Å²) in [7, 11) is 0. The Hall–Kier alpha value is -1.35. The van der Waals surface area contributed by atoms with Crippen molar-refractivity contribution in [2.24, 2.45) is 5.92 Å². The van der Waals surface area contributed by atoms with Gasteiger partial charge in [0.1, 0.15) is 0 Å². The van der Waals surface area contributed by atoms with Crippen LogP contribution in [0.4, 0.5) is 0 Å². The van der Waals surface area contributed by atoms with Crippen molar-refractivity contribution in [2.45, 2.75) is 46.1 Å². The van der Waals surface area contributed by atoms with E-state index in [4.69, 9.17) is 5.11 Å². The van der Waals surface area contributed by atoms with Crippen molar-refractivity contribution < 1.29 is 9.90 Å². The number of carbonyl (C=O) groups is 1. The smallest absolute Gasteiger partial charge is 0.220 e. The lowest BCUT2D eigenvalue weighted by Crippen LogP contribution is -2.36. The summed E-state index contributed by atoms with van der Waals surface area (Å²) in [6.07, 6.45) is 0.463. The molecule has 0 fully saturated rings. The van der Waals surface area contributed by atoms with E-state index in [1.54, 1.807) is 6.92 Å². The van der Waals surface area contributed by atoms with Gasteiger partial charge in [-0.05, 0) is 31.2 Å². The van der Waals surface area contributed by atoms with Crippen molar-refractivity contribution in [1.82, 2.24) is 5.32 Å². The van der Waals surface area contributed by atoms with Crippen molar-refractivity contribution in [3.63, 3.8) is 0 Å². The molecule has 1 rings (SSSR count). The number of nitrogens with one attached hydrogen (secondary N) is 1. The molecule has 0 heterocycles. The average molecular weight is 263 g/mol. The molecule has 0 saturated heterocycles. The second-order valence-electron chi connectivity index (χ2n) is 5.62. The third-order valence-corrected chi connectivity index (χ3v) is 3.40. The van der Waals surface area contributed by atoms with Crippen molar-refractivity contribution in [3.8, 4) is 0 Å². The molecule has 2 unspecified atom stereocenters. The second kappa shape index (κ2) is 7.29. The first-order valence-corrected chi connectivity index (χ1v) is 6.90. The van der Waals surface area contributed by atoms with E-state index >= 15 is 0 Å². The van der Waals surface area contributed by atoms with E-state index in [0.717, 1.165) is 0 Å². The summed E-state index contributed by atoms with van der Waals surface area (Å²) >= 11 is 0. The Balaban J connectivity index is 2.73. The predicted molar refractivity (Wildman–Crippen MR) is 78.1 cm³/mol. The topological polar surface area (TPSA) is 49.3 Å². The van der Waals surface area contributed by atoms with Crippen LogP contribution in [0.15, 0.2) is 24.3 Å². The minimum Gasteiger partial charge on any atom is -0.394 e. The first kappa shape index (κ1) is 15.7. The van der Waals surface area contributed by atoms with Crippen LogP contribution in [0.25, 0.3) is 0 Å². The molecule has 0 aliphatic rings. The van der Waals surface area contributed by atoms with Gasteiger partial charge in [0.15, 0.2) is 0 Å². The lowest BCUT2D eigenvalue weighted by Gasteiger charge is -2.22. The minimum absolute atomic E-state index is 0.000764. The van der Waals surface area contributed by atoms with Gasteiger partial charge < -0.3 is 10.4 Å². The number of aryl methyl sites for hydroxylation is 1. The van der Waals surface area contributed by atoms with Gasteiger partial charge in [-0.25, -0.2) is 0 Å². The van der Waals surface area contributed by atoms with E-state index in [1.165, 1.54) is 11.1 Å². The van der Waals surface area contributed by atoms with Crippen LogP contribution in [-0.4, -0.2) is 23.7 Å². The van der Waals surface area contributed by atoms with Crippen molar-refractivity contribution in [1.29, 1.82) is 0 Å². The van der Waals surface area contributed by atoms with Crippen LogP contribution in [0, 0.1) is 12.8 Å². The standard InChI is InChI=1S/C16H25NO2/c1-11(2)15(9-16(19)17-13(4)10-18)14-7-5-12(3)6-8-14/h5-8,11,13,15,18H,9-10H2,1-4H3,(H,17,19). The first-order chi connectivity index (χ1) is 8.93. The molecule has 2 N–H and O–H groups in total. The molecular formula is C16H25NO2. The number of carbonyl (C=O) groups excluding carboxylic acids is 1. The zero-order chi connectivity index (χ0) is 14.4. The summed E-state index contributed by atoms with van der Waals surface area (Å²) in [6, 6.07) is 8.18. The van der Waals surface area contributed by atoms with Gasteiger partial charge in [-0.2, -0.15) is 0 Å². The Kier molecular flexibility index (Phi) is 6.03. The fraction of sp³-hybridized carbons (Fsp3) is 0.562. The van der Waals surface area contributed by atoms with Gasteiger partial charge in [-0.3, -0.25) is 4.79 Å². The normalized spacial score (nSPS) is 14.2. The number of hydrogen-bond acceptors (Lipinski definition) is 2. The Bertz CT molecular complexity index is 398. The van der Waals surface area contributed by atoms with Crippen molar-refractivity contribution in [3.05, 3.63) is 35.4 Å². The Morgan fingerprint density at radius 2 is 1.79 bits per heavy atom. The molecule has 2 atom stereocenters. The number of amides is 1. The third-order valence-electron chi connectivity index (χ3n) is 3.40. The molecule has 0 bridgehead atoms. The zero-order valence-electron chi connectivity index (χ0n) is 12.3. The first-order valence-electron chi connectivity index (χ1n) is 6.90. The van der Waals surface area contributed by atoms with Crippen LogP contribution in [0.3, 0.4) is 0 Å². The molecule has 3 heteroatoms. The van der Waals surface area contributed by atoms with E-state index in [0.29, 0.717) is 12.3 Å². The molecule has 0 saturated carbocycles. The lowest BCUT2D eigenvalue weighted by molar-refractivity contribution is -0.122. The number of aliphatic hydroxyl groups excluding tert-OH is 1. The summed E-state index contributed by atoms with van der Waals surface area (Å²) in [5.41, 5.74) is 2.43. The highest BCUT2D eigenvalue weighted by Crippen LogP contribution is 2.28. The molecule has 1 amide bonds. The number of benzene rings is 1. The highest BCUT2D eigenvalue weighted by atomic mass is 16.3. The molecule has 0 aromatic heterocycles. The van der Waals surface area contributed by atoms with Gasteiger partial charge in [0.2, 0.25) is 5.91 Å². The molecule has 1 aromatic carbocycles. The Labute approximate surface area is 116 Å². The highest BCUT2D eigenvalue weighted by molar-refractivity contribution is 5.77. The minimum atomic E-state index is -0.182. The zero-order valence-corrected chi connectivity index (χ0v) is 12.3. The lowest BCUT2D eigenvalue weighted by atomic mass is 9.85. The summed E-state index contributed by atoms with van der Waals surface area (Å²) in [4.78, 5) is 11.9. The van der Waals surface area contributed by atoms with Crippen molar-refractivity contribution in [2.75, 3.05) is 6.61 Å². The summed E-state index contributed by atoms with van der Waals surface area (Å²) in [5, 5.41) is 11.8. The molecular weight excluding hydrogens is 238 g/mol. The fourth-order valence-corrected chi connectivity index (χ4v) is 2.13.